The Bertz CT molecular complexity index is 525. The molecule has 1 saturated heterocycles. The van der Waals surface area contributed by atoms with Crippen LogP contribution in [0.4, 0.5) is 10.2 Å². The highest BCUT2D eigenvalue weighted by Crippen LogP contribution is 2.45. The first-order valence-corrected chi connectivity index (χ1v) is 6.14. The molecule has 0 saturated carbocycles. The Balaban J connectivity index is 2.42. The van der Waals surface area contributed by atoms with Crippen LogP contribution in [0.25, 0.3) is 0 Å². The maximum atomic E-state index is 13.2. The van der Waals surface area contributed by atoms with Gasteiger partial charge in [-0.3, -0.25) is 4.57 Å². The van der Waals surface area contributed by atoms with Crippen molar-refractivity contribution in [1.82, 2.24) is 9.55 Å². The second kappa shape index (κ2) is 4.57. The summed E-state index contributed by atoms with van der Waals surface area (Å²) >= 11 is 0. The minimum Gasteiger partial charge on any atom is -0.385 e. The number of aliphatic hydroxyl groups is 1. The second-order valence-electron chi connectivity index (χ2n) is 5.22. The third-order valence-electron chi connectivity index (χ3n) is 3.57. The van der Waals surface area contributed by atoms with Gasteiger partial charge in [0.2, 0.25) is 0 Å². The van der Waals surface area contributed by atoms with Crippen LogP contribution in [0.1, 0.15) is 32.9 Å². The summed E-state index contributed by atoms with van der Waals surface area (Å²) in [5.41, 5.74) is 2.38. The topological polar surface area (TPSA) is 90.4 Å². The summed E-state index contributed by atoms with van der Waals surface area (Å²) in [5.74, 6) is 0.0890. The van der Waals surface area contributed by atoms with Gasteiger partial charge in [0, 0.05) is 12.6 Å². The molecular formula is C12H18FN3O3. The van der Waals surface area contributed by atoms with Gasteiger partial charge in [0.15, 0.2) is 6.23 Å². The molecule has 3 atom stereocenters. The number of nitrogen functional groups attached to an aromatic ring is 1. The molecule has 1 fully saturated rings. The first-order valence-electron chi connectivity index (χ1n) is 6.14. The molecule has 1 aliphatic rings. The van der Waals surface area contributed by atoms with E-state index in [-0.39, 0.29) is 12.2 Å². The van der Waals surface area contributed by atoms with Gasteiger partial charge in [-0.2, -0.15) is 4.98 Å². The number of rotatable bonds is 3. The monoisotopic (exact) mass is 271 g/mol. The first-order chi connectivity index (χ1) is 8.83. The Labute approximate surface area is 110 Å². The normalized spacial score (nSPS) is 34.6. The van der Waals surface area contributed by atoms with Crippen LogP contribution in [0.2, 0.25) is 0 Å². The van der Waals surface area contributed by atoms with Gasteiger partial charge >= 0.3 is 5.69 Å². The van der Waals surface area contributed by atoms with Crippen molar-refractivity contribution in [2.75, 3.05) is 12.4 Å². The van der Waals surface area contributed by atoms with Crippen molar-refractivity contribution in [3.05, 3.63) is 22.7 Å². The van der Waals surface area contributed by atoms with E-state index in [0.29, 0.717) is 6.42 Å². The molecule has 0 aromatic carbocycles. The summed E-state index contributed by atoms with van der Waals surface area (Å²) in [6, 6.07) is 1.43. The largest absolute Gasteiger partial charge is 0.385 e. The molecule has 0 radical (unpaired) electrons. The Morgan fingerprint density at radius 2 is 2.42 bits per heavy atom. The lowest BCUT2D eigenvalue weighted by Gasteiger charge is -2.25. The zero-order valence-corrected chi connectivity index (χ0v) is 11.0. The van der Waals surface area contributed by atoms with Crippen LogP contribution in [0.5, 0.6) is 0 Å². The minimum atomic E-state index is -1.34. The van der Waals surface area contributed by atoms with Gasteiger partial charge in [-0.1, -0.05) is 6.92 Å². The maximum absolute atomic E-state index is 13.2. The predicted octanol–water partition coefficient (Wildman–Crippen LogP) is 0.614. The lowest BCUT2D eigenvalue weighted by molar-refractivity contribution is -0.120. The molecule has 2 rings (SSSR count). The van der Waals surface area contributed by atoms with Crippen molar-refractivity contribution < 1.29 is 14.2 Å². The standard InChI is InChI=1S/C12H18FN3O3/c1-3-12(7-13)6-11(2,18)9(19-12)16-5-4-8(14)15-10(16)17/h4-5,9,18H,3,6-7H2,1-2H3,(H2,14,15,17)/t9-,11-,12-/m1/s1. The lowest BCUT2D eigenvalue weighted by Crippen LogP contribution is -2.38. The van der Waals surface area contributed by atoms with Crippen LogP contribution < -0.4 is 11.4 Å². The Morgan fingerprint density at radius 1 is 1.74 bits per heavy atom. The molecule has 106 valence electrons. The van der Waals surface area contributed by atoms with Crippen molar-refractivity contribution in [3.8, 4) is 0 Å². The molecule has 0 bridgehead atoms. The highest BCUT2D eigenvalue weighted by molar-refractivity contribution is 5.23. The van der Waals surface area contributed by atoms with Gasteiger partial charge in [0.25, 0.3) is 0 Å². The number of hydrogen-bond acceptors (Lipinski definition) is 5. The fraction of sp³-hybridized carbons (Fsp3) is 0.667. The Morgan fingerprint density at radius 3 is 2.89 bits per heavy atom. The summed E-state index contributed by atoms with van der Waals surface area (Å²) in [7, 11) is 0. The van der Waals surface area contributed by atoms with Crippen molar-refractivity contribution >= 4 is 5.82 Å². The summed E-state index contributed by atoms with van der Waals surface area (Å²) in [6.07, 6.45) is 0.957. The number of aromatic nitrogens is 2. The van der Waals surface area contributed by atoms with Gasteiger partial charge in [0.05, 0.1) is 0 Å². The van der Waals surface area contributed by atoms with Gasteiger partial charge < -0.3 is 15.6 Å². The fourth-order valence-corrected chi connectivity index (χ4v) is 2.49. The number of ether oxygens (including phenoxy) is 1. The molecule has 7 heteroatoms. The Hall–Kier alpha value is -1.47. The molecule has 6 nitrogen and oxygen atoms in total. The van der Waals surface area contributed by atoms with E-state index in [4.69, 9.17) is 10.5 Å². The quantitative estimate of drug-likeness (QED) is 0.840. The van der Waals surface area contributed by atoms with E-state index in [1.165, 1.54) is 19.2 Å². The number of anilines is 1. The van der Waals surface area contributed by atoms with Gasteiger partial charge in [-0.25, -0.2) is 9.18 Å². The van der Waals surface area contributed by atoms with E-state index in [1.807, 2.05) is 0 Å². The first kappa shape index (κ1) is 14.0. The number of hydrogen-bond donors (Lipinski definition) is 2. The zero-order chi connectivity index (χ0) is 14.3. The van der Waals surface area contributed by atoms with Crippen LogP contribution in [-0.4, -0.2) is 32.5 Å². The predicted molar refractivity (Wildman–Crippen MR) is 67.3 cm³/mol. The SMILES string of the molecule is CC[C@]1(CF)C[C@@](C)(O)[C@H](n2ccc(N)nc2=O)O1. The van der Waals surface area contributed by atoms with Gasteiger partial charge in [-0.15, -0.1) is 0 Å². The molecule has 1 aliphatic heterocycles. The van der Waals surface area contributed by atoms with Crippen molar-refractivity contribution in [2.45, 2.75) is 44.1 Å². The number of alkyl halides is 1. The molecule has 1 aromatic rings. The van der Waals surface area contributed by atoms with E-state index in [1.54, 1.807) is 6.92 Å². The molecule has 0 amide bonds. The summed E-state index contributed by atoms with van der Waals surface area (Å²) in [4.78, 5) is 15.4. The highest BCUT2D eigenvalue weighted by Gasteiger charge is 2.53. The molecule has 3 N–H and O–H groups in total. The fourth-order valence-electron chi connectivity index (χ4n) is 2.49. The average molecular weight is 271 g/mol. The van der Waals surface area contributed by atoms with E-state index in [2.05, 4.69) is 4.98 Å². The summed E-state index contributed by atoms with van der Waals surface area (Å²) < 4.78 is 20.0. The van der Waals surface area contributed by atoms with Crippen LogP contribution in [0, 0.1) is 0 Å². The summed E-state index contributed by atoms with van der Waals surface area (Å²) in [5, 5.41) is 10.4. The van der Waals surface area contributed by atoms with E-state index in [9.17, 15) is 14.3 Å². The molecule has 0 unspecified atom stereocenters. The van der Waals surface area contributed by atoms with E-state index in [0.717, 1.165) is 4.57 Å². The molecule has 0 aliphatic carbocycles. The van der Waals surface area contributed by atoms with Gasteiger partial charge in [0.1, 0.15) is 23.7 Å². The van der Waals surface area contributed by atoms with Crippen molar-refractivity contribution in [1.29, 1.82) is 0 Å². The van der Waals surface area contributed by atoms with Crippen molar-refractivity contribution in [3.63, 3.8) is 0 Å². The minimum absolute atomic E-state index is 0.0890. The second-order valence-corrected chi connectivity index (χ2v) is 5.22. The van der Waals surface area contributed by atoms with Crippen LogP contribution in [-0.2, 0) is 4.74 Å². The average Bonchev–Trinajstić information content (AvgIpc) is 2.62. The zero-order valence-electron chi connectivity index (χ0n) is 11.0. The molecule has 0 spiro atoms. The van der Waals surface area contributed by atoms with Crippen LogP contribution in [0.15, 0.2) is 17.1 Å². The third-order valence-corrected chi connectivity index (χ3v) is 3.57. The smallest absolute Gasteiger partial charge is 0.351 e. The molecule has 2 heterocycles. The third kappa shape index (κ3) is 2.35. The maximum Gasteiger partial charge on any atom is 0.351 e. The molecule has 1 aromatic heterocycles. The lowest BCUT2D eigenvalue weighted by atomic mass is 9.90. The number of nitrogens with zero attached hydrogens (tertiary/aromatic N) is 2. The van der Waals surface area contributed by atoms with Crippen LogP contribution >= 0.6 is 0 Å². The molecular weight excluding hydrogens is 253 g/mol. The van der Waals surface area contributed by atoms with E-state index >= 15 is 0 Å². The summed E-state index contributed by atoms with van der Waals surface area (Å²) in [6.45, 7) is 2.59. The van der Waals surface area contributed by atoms with Crippen molar-refractivity contribution in [2.24, 2.45) is 0 Å². The molecule has 19 heavy (non-hydrogen) atoms. The number of halogens is 1. The van der Waals surface area contributed by atoms with Crippen LogP contribution in [0.3, 0.4) is 0 Å². The highest BCUT2D eigenvalue weighted by atomic mass is 19.1. The number of nitrogens with two attached hydrogens (primary N) is 1. The Kier molecular flexibility index (Phi) is 3.36. The van der Waals surface area contributed by atoms with Gasteiger partial charge in [-0.05, 0) is 19.4 Å². The van der Waals surface area contributed by atoms with E-state index < -0.39 is 29.8 Å².